The number of aromatic nitrogens is 2. The van der Waals surface area contributed by atoms with Crippen molar-refractivity contribution >= 4 is 48.6 Å². The summed E-state index contributed by atoms with van der Waals surface area (Å²) in [5.74, 6) is -0.393. The number of aryl methyl sites for hydroxylation is 2. The Balaban J connectivity index is 1.85. The smallest absolute Gasteiger partial charge is 0.477 e. The molecule has 0 radical (unpaired) electrons. The Morgan fingerprint density at radius 1 is 1.19 bits per heavy atom. The Morgan fingerprint density at radius 2 is 1.89 bits per heavy atom. The van der Waals surface area contributed by atoms with Gasteiger partial charge in [0, 0.05) is 17.4 Å². The van der Waals surface area contributed by atoms with E-state index in [1.54, 1.807) is 34.4 Å². The number of furan rings is 1. The van der Waals surface area contributed by atoms with Crippen LogP contribution in [0.2, 0.25) is 0 Å². The number of sulfonamides is 1. The number of carbonyl (C=O) groups is 1. The standard InChI is InChI=1S/C24H21BrF3N3O5S/c1-3-7-18-29-13(2)21(23(32)33)31(18)12-14-8-6-11-17-19(14)20(25)22(36-17)15-9-4-5-10-16(15)30-37(34,35)24(26,27)28/h4-6,8-11,30H,3,7,12H2,1-2H3,(H,32,33). The molecule has 2 N–H and O–H groups in total. The number of hydrogen-bond acceptors (Lipinski definition) is 5. The van der Waals surface area contributed by atoms with Crippen LogP contribution in [-0.4, -0.2) is 34.6 Å². The molecule has 196 valence electrons. The van der Waals surface area contributed by atoms with E-state index in [9.17, 15) is 31.5 Å². The number of aromatic carboxylic acids is 1. The number of alkyl halides is 3. The molecular weight excluding hydrogens is 579 g/mol. The summed E-state index contributed by atoms with van der Waals surface area (Å²) < 4.78 is 72.1. The van der Waals surface area contributed by atoms with Gasteiger partial charge in [-0.2, -0.15) is 21.6 Å². The maximum atomic E-state index is 13.0. The van der Waals surface area contributed by atoms with Gasteiger partial charge in [0.2, 0.25) is 0 Å². The SMILES string of the molecule is CCCc1nc(C)c(C(=O)O)n1Cc1cccc2oc(-c3ccccc3NS(=O)(=O)C(F)(F)F)c(Br)c12. The van der Waals surface area contributed by atoms with Crippen molar-refractivity contribution in [2.75, 3.05) is 4.72 Å². The highest BCUT2D eigenvalue weighted by Gasteiger charge is 2.46. The molecule has 0 aliphatic heterocycles. The highest BCUT2D eigenvalue weighted by Crippen LogP contribution is 2.43. The topological polar surface area (TPSA) is 114 Å². The van der Waals surface area contributed by atoms with Crippen molar-refractivity contribution in [3.63, 3.8) is 0 Å². The molecule has 0 atom stereocenters. The Bertz CT molecular complexity index is 1610. The van der Waals surface area contributed by atoms with Crippen molar-refractivity contribution in [2.24, 2.45) is 0 Å². The molecule has 0 spiro atoms. The van der Waals surface area contributed by atoms with E-state index in [4.69, 9.17) is 4.42 Å². The van der Waals surface area contributed by atoms with Gasteiger partial charge >= 0.3 is 21.5 Å². The molecule has 37 heavy (non-hydrogen) atoms. The van der Waals surface area contributed by atoms with Gasteiger partial charge in [0.1, 0.15) is 11.4 Å². The van der Waals surface area contributed by atoms with Crippen LogP contribution in [0.5, 0.6) is 0 Å². The fourth-order valence-corrected chi connectivity index (χ4v) is 5.44. The number of fused-ring (bicyclic) bond motifs is 1. The first-order valence-electron chi connectivity index (χ1n) is 11.0. The largest absolute Gasteiger partial charge is 0.516 e. The third-order valence-corrected chi connectivity index (χ3v) is 7.54. The minimum Gasteiger partial charge on any atom is -0.477 e. The third-order valence-electron chi connectivity index (χ3n) is 5.69. The molecule has 0 aliphatic carbocycles. The highest BCUT2D eigenvalue weighted by molar-refractivity contribution is 9.10. The molecule has 4 rings (SSSR count). The second kappa shape index (κ2) is 9.86. The Kier molecular flexibility index (Phi) is 7.12. The molecular formula is C24H21BrF3N3O5S. The molecule has 0 amide bonds. The zero-order chi connectivity index (χ0) is 27.1. The molecule has 0 saturated carbocycles. The number of hydrogen-bond donors (Lipinski definition) is 2. The Hall–Kier alpha value is -3.32. The summed E-state index contributed by atoms with van der Waals surface area (Å²) in [4.78, 5) is 16.4. The lowest BCUT2D eigenvalue weighted by molar-refractivity contribution is -0.0429. The van der Waals surface area contributed by atoms with Crippen molar-refractivity contribution in [1.82, 2.24) is 9.55 Å². The van der Waals surface area contributed by atoms with E-state index in [0.717, 1.165) is 6.42 Å². The van der Waals surface area contributed by atoms with E-state index in [-0.39, 0.29) is 29.2 Å². The Labute approximate surface area is 218 Å². The number of halogens is 4. The molecule has 0 bridgehead atoms. The maximum Gasteiger partial charge on any atom is 0.516 e. The van der Waals surface area contributed by atoms with Crippen molar-refractivity contribution in [2.45, 2.75) is 38.7 Å². The summed E-state index contributed by atoms with van der Waals surface area (Å²) in [7, 11) is -5.67. The van der Waals surface area contributed by atoms with Crippen LogP contribution < -0.4 is 4.72 Å². The number of carboxylic acid groups (broad SMARTS) is 1. The van der Waals surface area contributed by atoms with Crippen molar-refractivity contribution in [1.29, 1.82) is 0 Å². The van der Waals surface area contributed by atoms with Crippen LogP contribution in [0.4, 0.5) is 18.9 Å². The van der Waals surface area contributed by atoms with Crippen LogP contribution in [0.3, 0.4) is 0 Å². The lowest BCUT2D eigenvalue weighted by Gasteiger charge is -2.13. The summed E-state index contributed by atoms with van der Waals surface area (Å²) in [5, 5.41) is 10.3. The van der Waals surface area contributed by atoms with Gasteiger partial charge in [-0.15, -0.1) is 0 Å². The zero-order valence-corrected chi connectivity index (χ0v) is 22.0. The Morgan fingerprint density at radius 3 is 2.54 bits per heavy atom. The lowest BCUT2D eigenvalue weighted by atomic mass is 10.1. The van der Waals surface area contributed by atoms with Crippen molar-refractivity contribution < 1.29 is 35.9 Å². The molecule has 2 aromatic carbocycles. The molecule has 2 heterocycles. The average molecular weight is 600 g/mol. The fraction of sp³-hybridized carbons (Fsp3) is 0.250. The normalized spacial score (nSPS) is 12.3. The van der Waals surface area contributed by atoms with E-state index < -0.39 is 21.5 Å². The number of carboxylic acids is 1. The first-order chi connectivity index (χ1) is 17.4. The molecule has 13 heteroatoms. The van der Waals surface area contributed by atoms with Crippen molar-refractivity contribution in [3.8, 4) is 11.3 Å². The first-order valence-corrected chi connectivity index (χ1v) is 13.3. The molecule has 8 nitrogen and oxygen atoms in total. The van der Waals surface area contributed by atoms with Crippen LogP contribution in [-0.2, 0) is 23.0 Å². The van der Waals surface area contributed by atoms with Gasteiger partial charge in [0.05, 0.1) is 22.4 Å². The summed E-state index contributed by atoms with van der Waals surface area (Å²) in [5.41, 5.74) is -4.23. The molecule has 4 aromatic rings. The predicted octanol–water partition coefficient (Wildman–Crippen LogP) is 6.33. The molecule has 2 aromatic heterocycles. The maximum absolute atomic E-state index is 13.0. The van der Waals surface area contributed by atoms with Crippen LogP contribution in [0.25, 0.3) is 22.3 Å². The van der Waals surface area contributed by atoms with Crippen LogP contribution in [0.1, 0.15) is 40.9 Å². The van der Waals surface area contributed by atoms with E-state index in [1.165, 1.54) is 24.3 Å². The highest BCUT2D eigenvalue weighted by atomic mass is 79.9. The van der Waals surface area contributed by atoms with Crippen LogP contribution in [0.15, 0.2) is 51.4 Å². The number of rotatable bonds is 8. The molecule has 0 saturated heterocycles. The minimum absolute atomic E-state index is 0.0622. The van der Waals surface area contributed by atoms with E-state index in [1.807, 2.05) is 6.92 Å². The summed E-state index contributed by atoms with van der Waals surface area (Å²) in [6.07, 6.45) is 1.32. The van der Waals surface area contributed by atoms with Gasteiger partial charge in [0.15, 0.2) is 11.5 Å². The summed E-state index contributed by atoms with van der Waals surface area (Å²) in [6.45, 7) is 3.73. The van der Waals surface area contributed by atoms with E-state index in [0.29, 0.717) is 38.9 Å². The first kappa shape index (κ1) is 26.7. The molecule has 0 unspecified atom stereocenters. The molecule has 0 fully saturated rings. The minimum atomic E-state index is -5.67. The fourth-order valence-electron chi connectivity index (χ4n) is 4.11. The van der Waals surface area contributed by atoms with Gasteiger partial charge < -0.3 is 14.1 Å². The number of anilines is 1. The number of nitrogens with zero attached hydrogens (tertiary/aromatic N) is 2. The van der Waals surface area contributed by atoms with Gasteiger partial charge in [0.25, 0.3) is 0 Å². The van der Waals surface area contributed by atoms with Gasteiger partial charge in [-0.3, -0.25) is 4.72 Å². The van der Waals surface area contributed by atoms with Gasteiger partial charge in [-0.25, -0.2) is 9.78 Å². The second-order valence-electron chi connectivity index (χ2n) is 8.24. The zero-order valence-electron chi connectivity index (χ0n) is 19.6. The number of nitrogens with one attached hydrogen (secondary N) is 1. The quantitative estimate of drug-likeness (QED) is 0.245. The third kappa shape index (κ3) is 4.97. The van der Waals surface area contributed by atoms with Crippen molar-refractivity contribution in [3.05, 3.63) is 69.7 Å². The molecule has 0 aliphatic rings. The summed E-state index contributed by atoms with van der Waals surface area (Å²) >= 11 is 3.47. The van der Waals surface area contributed by atoms with Gasteiger partial charge in [-0.05, 0) is 53.0 Å². The number of benzene rings is 2. The van der Waals surface area contributed by atoms with E-state index in [2.05, 4.69) is 20.9 Å². The lowest BCUT2D eigenvalue weighted by Crippen LogP contribution is -2.30. The monoisotopic (exact) mass is 599 g/mol. The van der Waals surface area contributed by atoms with Gasteiger partial charge in [-0.1, -0.05) is 31.2 Å². The summed E-state index contributed by atoms with van der Waals surface area (Å²) in [6, 6.07) is 10.7. The second-order valence-corrected chi connectivity index (χ2v) is 10.7. The van der Waals surface area contributed by atoms with Crippen LogP contribution >= 0.6 is 15.9 Å². The average Bonchev–Trinajstić information content (AvgIpc) is 3.30. The van der Waals surface area contributed by atoms with Crippen LogP contribution in [0, 0.1) is 6.92 Å². The van der Waals surface area contributed by atoms with E-state index >= 15 is 0 Å². The number of para-hydroxylation sites is 1. The number of imidazole rings is 1. The predicted molar refractivity (Wildman–Crippen MR) is 135 cm³/mol.